The van der Waals surface area contributed by atoms with E-state index in [-0.39, 0.29) is 24.0 Å². The molecule has 1 aromatic rings. The van der Waals surface area contributed by atoms with E-state index in [0.29, 0.717) is 5.92 Å². The number of nitrogens with zero attached hydrogens (tertiary/aromatic N) is 3. The molecule has 5 nitrogen and oxygen atoms in total. The van der Waals surface area contributed by atoms with Gasteiger partial charge in [-0.15, -0.1) is 35.3 Å². The highest BCUT2D eigenvalue weighted by Gasteiger charge is 2.18. The molecular weight excluding hydrogens is 445 g/mol. The summed E-state index contributed by atoms with van der Waals surface area (Å²) in [5.41, 5.74) is 1.18. The zero-order valence-electron chi connectivity index (χ0n) is 16.0. The molecule has 2 rings (SSSR count). The number of guanidine groups is 1. The van der Waals surface area contributed by atoms with Crippen LogP contribution in [0.15, 0.2) is 10.4 Å². The lowest BCUT2D eigenvalue weighted by Gasteiger charge is -2.32. The van der Waals surface area contributed by atoms with E-state index in [9.17, 15) is 0 Å². The highest BCUT2D eigenvalue weighted by Crippen LogP contribution is 2.18. The van der Waals surface area contributed by atoms with Crippen molar-refractivity contribution in [3.05, 3.63) is 16.1 Å². The van der Waals surface area contributed by atoms with Crippen LogP contribution in [-0.2, 0) is 6.54 Å². The fourth-order valence-electron chi connectivity index (χ4n) is 3.02. The van der Waals surface area contributed by atoms with Gasteiger partial charge >= 0.3 is 0 Å². The van der Waals surface area contributed by atoms with E-state index < -0.39 is 0 Å². The van der Waals surface area contributed by atoms with Gasteiger partial charge in [0.15, 0.2) is 5.96 Å². The second-order valence-corrected chi connectivity index (χ2v) is 7.86. The second kappa shape index (κ2) is 12.1. The molecule has 25 heavy (non-hydrogen) atoms. The van der Waals surface area contributed by atoms with Crippen molar-refractivity contribution in [2.24, 2.45) is 10.9 Å². The lowest BCUT2D eigenvalue weighted by molar-refractivity contribution is 0.185. The number of nitrogens with one attached hydrogen (secondary N) is 2. The Hall–Kier alpha value is -0.410. The third-order valence-corrected chi connectivity index (χ3v) is 5.46. The van der Waals surface area contributed by atoms with Gasteiger partial charge in [0.25, 0.3) is 0 Å². The first-order valence-corrected chi connectivity index (χ1v) is 10.1. The molecule has 1 saturated heterocycles. The molecule has 0 amide bonds. The first-order valence-electron chi connectivity index (χ1n) is 9.23. The minimum atomic E-state index is 0. The number of likely N-dealkylation sites (tertiary alicyclic amines) is 1. The van der Waals surface area contributed by atoms with Crippen LogP contribution in [0.3, 0.4) is 0 Å². The number of halogens is 1. The van der Waals surface area contributed by atoms with Crippen molar-refractivity contribution < 1.29 is 0 Å². The molecule has 0 spiro atoms. The Morgan fingerprint density at radius 1 is 1.36 bits per heavy atom. The third kappa shape index (κ3) is 7.78. The maximum absolute atomic E-state index is 4.66. The number of hydrogen-bond donors (Lipinski definition) is 2. The smallest absolute Gasteiger partial charge is 0.191 e. The van der Waals surface area contributed by atoms with Gasteiger partial charge in [0.1, 0.15) is 5.01 Å². The number of piperidine rings is 1. The quantitative estimate of drug-likeness (QED) is 0.356. The number of aliphatic imine (C=N–C) groups is 1. The zero-order valence-corrected chi connectivity index (χ0v) is 19.2. The molecule has 0 unspecified atom stereocenters. The summed E-state index contributed by atoms with van der Waals surface area (Å²) in [6, 6.07) is 0. The van der Waals surface area contributed by atoms with Gasteiger partial charge in [-0.3, -0.25) is 4.99 Å². The molecule has 1 aliphatic heterocycles. The van der Waals surface area contributed by atoms with E-state index in [1.54, 1.807) is 11.3 Å². The van der Waals surface area contributed by atoms with Crippen LogP contribution in [0.5, 0.6) is 0 Å². The summed E-state index contributed by atoms with van der Waals surface area (Å²) in [5.74, 6) is 2.13. The number of rotatable bonds is 7. The summed E-state index contributed by atoms with van der Waals surface area (Å²) in [6.07, 6.45) is 3.83. The fraction of sp³-hybridized carbons (Fsp3) is 0.778. The van der Waals surface area contributed by atoms with E-state index in [2.05, 4.69) is 51.7 Å². The van der Waals surface area contributed by atoms with Gasteiger partial charge in [0.05, 0.1) is 12.2 Å². The van der Waals surface area contributed by atoms with E-state index >= 15 is 0 Å². The predicted molar refractivity (Wildman–Crippen MR) is 119 cm³/mol. The minimum Gasteiger partial charge on any atom is -0.356 e. The third-order valence-electron chi connectivity index (χ3n) is 4.60. The van der Waals surface area contributed by atoms with Gasteiger partial charge < -0.3 is 15.5 Å². The average molecular weight is 479 g/mol. The summed E-state index contributed by atoms with van der Waals surface area (Å²) >= 11 is 1.72. The molecule has 0 aromatic carbocycles. The molecule has 2 heterocycles. The molecule has 0 saturated carbocycles. The maximum atomic E-state index is 4.66. The van der Waals surface area contributed by atoms with Crippen LogP contribution in [0.25, 0.3) is 0 Å². The van der Waals surface area contributed by atoms with Gasteiger partial charge in [0, 0.05) is 19.0 Å². The van der Waals surface area contributed by atoms with E-state index in [4.69, 9.17) is 0 Å². The fourth-order valence-corrected chi connectivity index (χ4v) is 3.92. The van der Waals surface area contributed by atoms with Crippen LogP contribution in [-0.4, -0.2) is 49.1 Å². The van der Waals surface area contributed by atoms with Gasteiger partial charge in [-0.25, -0.2) is 4.98 Å². The van der Waals surface area contributed by atoms with Gasteiger partial charge in [-0.05, 0) is 50.7 Å². The molecule has 144 valence electrons. The predicted octanol–water partition coefficient (Wildman–Crippen LogP) is 3.67. The molecule has 7 heteroatoms. The summed E-state index contributed by atoms with van der Waals surface area (Å²) in [5, 5.41) is 10.1. The van der Waals surface area contributed by atoms with Crippen LogP contribution < -0.4 is 10.6 Å². The highest BCUT2D eigenvalue weighted by molar-refractivity contribution is 14.0. The molecule has 2 N–H and O–H groups in total. The lowest BCUT2D eigenvalue weighted by Crippen LogP contribution is -2.42. The Bertz CT molecular complexity index is 509. The summed E-state index contributed by atoms with van der Waals surface area (Å²) < 4.78 is 0. The van der Waals surface area contributed by atoms with Crippen molar-refractivity contribution in [1.82, 2.24) is 20.5 Å². The Morgan fingerprint density at radius 2 is 2.08 bits per heavy atom. The Kier molecular flexibility index (Phi) is 10.9. The van der Waals surface area contributed by atoms with Crippen molar-refractivity contribution >= 4 is 41.3 Å². The molecular formula is C18H34IN5S. The molecule has 1 aromatic heterocycles. The molecule has 0 bridgehead atoms. The molecule has 0 radical (unpaired) electrons. The van der Waals surface area contributed by atoms with E-state index in [0.717, 1.165) is 30.0 Å². The van der Waals surface area contributed by atoms with Crippen molar-refractivity contribution in [2.45, 2.75) is 52.5 Å². The SMILES string of the molecule is CCCN1CCC(CNC(=NC)NCc2nc(C(C)C)cs2)CC1.I. The minimum absolute atomic E-state index is 0. The van der Waals surface area contributed by atoms with E-state index in [1.165, 1.54) is 44.6 Å². The topological polar surface area (TPSA) is 52.5 Å². The van der Waals surface area contributed by atoms with Gasteiger partial charge in [-0.2, -0.15) is 0 Å². The zero-order chi connectivity index (χ0) is 17.4. The van der Waals surface area contributed by atoms with Crippen LogP contribution >= 0.6 is 35.3 Å². The number of aromatic nitrogens is 1. The Labute approximate surface area is 174 Å². The standard InChI is InChI=1S/C18H33N5S.HI/c1-5-8-23-9-6-15(7-10-23)11-20-18(19-4)21-12-17-22-16(13-24-17)14(2)3;/h13-15H,5-12H2,1-4H3,(H2,19,20,21);1H. The molecule has 0 atom stereocenters. The molecule has 0 aliphatic carbocycles. The first-order chi connectivity index (χ1) is 11.6. The van der Waals surface area contributed by atoms with Crippen molar-refractivity contribution in [2.75, 3.05) is 33.2 Å². The Morgan fingerprint density at radius 3 is 2.64 bits per heavy atom. The summed E-state index contributed by atoms with van der Waals surface area (Å²) in [6.45, 7) is 12.1. The maximum Gasteiger partial charge on any atom is 0.191 e. The van der Waals surface area contributed by atoms with Crippen LogP contribution in [0.1, 0.15) is 56.7 Å². The second-order valence-electron chi connectivity index (χ2n) is 6.91. The molecule has 1 fully saturated rings. The lowest BCUT2D eigenvalue weighted by atomic mass is 9.97. The van der Waals surface area contributed by atoms with Crippen molar-refractivity contribution in [1.29, 1.82) is 0 Å². The van der Waals surface area contributed by atoms with Crippen LogP contribution in [0.2, 0.25) is 0 Å². The van der Waals surface area contributed by atoms with Crippen molar-refractivity contribution in [3.8, 4) is 0 Å². The summed E-state index contributed by atoms with van der Waals surface area (Å²) in [7, 11) is 1.83. The first kappa shape index (κ1) is 22.6. The largest absolute Gasteiger partial charge is 0.356 e. The van der Waals surface area contributed by atoms with Crippen LogP contribution in [0, 0.1) is 5.92 Å². The average Bonchev–Trinajstić information content (AvgIpc) is 3.06. The number of hydrogen-bond acceptors (Lipinski definition) is 4. The van der Waals surface area contributed by atoms with E-state index in [1.807, 2.05) is 7.05 Å². The van der Waals surface area contributed by atoms with Gasteiger partial charge in [0.2, 0.25) is 0 Å². The monoisotopic (exact) mass is 479 g/mol. The number of thiazole rings is 1. The van der Waals surface area contributed by atoms with Crippen LogP contribution in [0.4, 0.5) is 0 Å². The molecule has 1 aliphatic rings. The highest BCUT2D eigenvalue weighted by atomic mass is 127. The van der Waals surface area contributed by atoms with Crippen molar-refractivity contribution in [3.63, 3.8) is 0 Å². The normalized spacial score (nSPS) is 16.8. The Balaban J connectivity index is 0.00000312. The summed E-state index contributed by atoms with van der Waals surface area (Å²) in [4.78, 5) is 11.6. The van der Waals surface area contributed by atoms with Gasteiger partial charge in [-0.1, -0.05) is 20.8 Å².